The molecule has 2 rings (SSSR count). The maximum Gasteiger partial charge on any atom is 0.135 e. The molecule has 0 radical (unpaired) electrons. The Morgan fingerprint density at radius 2 is 1.95 bits per heavy atom. The Labute approximate surface area is 113 Å². The number of methoxy groups -OCH3 is 1. The summed E-state index contributed by atoms with van der Waals surface area (Å²) in [5, 5.41) is 6.45. The molecule has 2 N–H and O–H groups in total. The predicted octanol–water partition coefficient (Wildman–Crippen LogP) is 2.59. The third kappa shape index (κ3) is 3.93. The summed E-state index contributed by atoms with van der Waals surface area (Å²) < 4.78 is 4.98. The van der Waals surface area contributed by atoms with Gasteiger partial charge in [-0.25, -0.2) is 9.97 Å². The van der Waals surface area contributed by atoms with Crippen molar-refractivity contribution < 1.29 is 4.74 Å². The van der Waals surface area contributed by atoms with Crippen LogP contribution in [0.2, 0.25) is 0 Å². The maximum atomic E-state index is 4.98. The Morgan fingerprint density at radius 1 is 1.16 bits per heavy atom. The van der Waals surface area contributed by atoms with Crippen molar-refractivity contribution in [1.82, 2.24) is 9.97 Å². The first-order chi connectivity index (χ1) is 9.29. The Hall–Kier alpha value is -2.14. The molecule has 2 aromatic rings. The number of ether oxygens (including phenoxy) is 1. The van der Waals surface area contributed by atoms with Gasteiger partial charge < -0.3 is 15.4 Å². The molecule has 1 aromatic heterocycles. The van der Waals surface area contributed by atoms with Gasteiger partial charge in [0.1, 0.15) is 18.0 Å². The van der Waals surface area contributed by atoms with Gasteiger partial charge in [0.25, 0.3) is 0 Å². The number of nitrogens with one attached hydrogen (secondary N) is 2. The van der Waals surface area contributed by atoms with Crippen LogP contribution in [-0.4, -0.2) is 30.2 Å². The second-order valence-electron chi connectivity index (χ2n) is 4.15. The molecule has 0 aliphatic heterocycles. The number of anilines is 3. The van der Waals surface area contributed by atoms with E-state index in [4.69, 9.17) is 4.74 Å². The highest BCUT2D eigenvalue weighted by molar-refractivity contribution is 5.61. The summed E-state index contributed by atoms with van der Waals surface area (Å²) in [7, 11) is 1.67. The number of hydrogen-bond acceptors (Lipinski definition) is 5. The number of aromatic nitrogens is 2. The van der Waals surface area contributed by atoms with E-state index in [0.29, 0.717) is 6.61 Å². The Balaban J connectivity index is 2.05. The SMILES string of the molecule is COCCNc1cc(Nc2ccccc2C)ncn1. The summed E-state index contributed by atoms with van der Waals surface area (Å²) in [5.41, 5.74) is 2.22. The molecule has 0 unspecified atom stereocenters. The molecule has 19 heavy (non-hydrogen) atoms. The topological polar surface area (TPSA) is 59.1 Å². The first-order valence-corrected chi connectivity index (χ1v) is 6.17. The van der Waals surface area contributed by atoms with Gasteiger partial charge in [0.15, 0.2) is 0 Å². The van der Waals surface area contributed by atoms with E-state index in [0.717, 1.165) is 23.9 Å². The number of hydrogen-bond donors (Lipinski definition) is 2. The van der Waals surface area contributed by atoms with Crippen molar-refractivity contribution in [3.8, 4) is 0 Å². The highest BCUT2D eigenvalue weighted by Gasteiger charge is 2.01. The fourth-order valence-corrected chi connectivity index (χ4v) is 1.65. The van der Waals surface area contributed by atoms with Crippen LogP contribution < -0.4 is 10.6 Å². The Morgan fingerprint density at radius 3 is 2.74 bits per heavy atom. The minimum absolute atomic E-state index is 0.643. The molecule has 1 aromatic carbocycles. The molecular formula is C14H18N4O. The lowest BCUT2D eigenvalue weighted by Gasteiger charge is -2.10. The third-order valence-electron chi connectivity index (χ3n) is 2.69. The van der Waals surface area contributed by atoms with E-state index in [-0.39, 0.29) is 0 Å². The van der Waals surface area contributed by atoms with Gasteiger partial charge in [-0.15, -0.1) is 0 Å². The monoisotopic (exact) mass is 258 g/mol. The second-order valence-corrected chi connectivity index (χ2v) is 4.15. The van der Waals surface area contributed by atoms with Crippen molar-refractivity contribution in [1.29, 1.82) is 0 Å². The molecule has 0 saturated carbocycles. The van der Waals surface area contributed by atoms with Crippen LogP contribution in [0, 0.1) is 6.92 Å². The van der Waals surface area contributed by atoms with Crippen molar-refractivity contribution >= 4 is 17.3 Å². The summed E-state index contributed by atoms with van der Waals surface area (Å²) in [6.07, 6.45) is 1.54. The van der Waals surface area contributed by atoms with Crippen LogP contribution in [0.15, 0.2) is 36.7 Å². The average Bonchev–Trinajstić information content (AvgIpc) is 2.42. The molecule has 5 heteroatoms. The molecule has 0 aliphatic carbocycles. The van der Waals surface area contributed by atoms with Crippen LogP contribution in [0.25, 0.3) is 0 Å². The van der Waals surface area contributed by atoms with Gasteiger partial charge in [0.05, 0.1) is 6.61 Å². The summed E-state index contributed by atoms with van der Waals surface area (Å²) >= 11 is 0. The number of nitrogens with zero attached hydrogens (tertiary/aromatic N) is 2. The van der Waals surface area contributed by atoms with E-state index in [1.165, 1.54) is 11.9 Å². The smallest absolute Gasteiger partial charge is 0.135 e. The zero-order valence-electron chi connectivity index (χ0n) is 11.2. The molecule has 100 valence electrons. The second kappa shape index (κ2) is 6.70. The van der Waals surface area contributed by atoms with Crippen LogP contribution in [0.4, 0.5) is 17.3 Å². The molecule has 0 bridgehead atoms. The molecule has 0 saturated heterocycles. The first-order valence-electron chi connectivity index (χ1n) is 6.17. The van der Waals surface area contributed by atoms with Gasteiger partial charge in [-0.3, -0.25) is 0 Å². The van der Waals surface area contributed by atoms with Gasteiger partial charge in [0.2, 0.25) is 0 Å². The van der Waals surface area contributed by atoms with E-state index < -0.39 is 0 Å². The lowest BCUT2D eigenvalue weighted by molar-refractivity contribution is 0.210. The summed E-state index contributed by atoms with van der Waals surface area (Å²) in [6, 6.07) is 9.96. The van der Waals surface area contributed by atoms with Gasteiger partial charge >= 0.3 is 0 Å². The Kier molecular flexibility index (Phi) is 4.69. The van der Waals surface area contributed by atoms with Crippen LogP contribution in [-0.2, 0) is 4.74 Å². The molecule has 0 amide bonds. The fraction of sp³-hybridized carbons (Fsp3) is 0.286. The largest absolute Gasteiger partial charge is 0.383 e. The highest BCUT2D eigenvalue weighted by atomic mass is 16.5. The zero-order valence-corrected chi connectivity index (χ0v) is 11.2. The first kappa shape index (κ1) is 13.3. The van der Waals surface area contributed by atoms with Crippen molar-refractivity contribution in [2.24, 2.45) is 0 Å². The molecule has 1 heterocycles. The average molecular weight is 258 g/mol. The standard InChI is InChI=1S/C14H18N4O/c1-11-5-3-4-6-12(11)18-14-9-13(16-10-17-14)15-7-8-19-2/h3-6,9-10H,7-8H2,1-2H3,(H2,15,16,17,18). The lowest BCUT2D eigenvalue weighted by Crippen LogP contribution is -2.09. The third-order valence-corrected chi connectivity index (χ3v) is 2.69. The number of rotatable bonds is 6. The van der Waals surface area contributed by atoms with E-state index in [1.807, 2.05) is 24.3 Å². The highest BCUT2D eigenvalue weighted by Crippen LogP contribution is 2.19. The Bertz CT molecular complexity index is 530. The van der Waals surface area contributed by atoms with Crippen molar-refractivity contribution in [2.75, 3.05) is 30.9 Å². The molecule has 0 fully saturated rings. The lowest BCUT2D eigenvalue weighted by atomic mass is 10.2. The van der Waals surface area contributed by atoms with Crippen molar-refractivity contribution in [3.05, 3.63) is 42.2 Å². The predicted molar refractivity (Wildman–Crippen MR) is 76.9 cm³/mol. The molecule has 0 aliphatic rings. The summed E-state index contributed by atoms with van der Waals surface area (Å²) in [5.74, 6) is 1.55. The molecule has 0 atom stereocenters. The van der Waals surface area contributed by atoms with Crippen LogP contribution in [0.3, 0.4) is 0 Å². The fourth-order valence-electron chi connectivity index (χ4n) is 1.65. The van der Waals surface area contributed by atoms with E-state index in [2.05, 4.69) is 33.6 Å². The van der Waals surface area contributed by atoms with Crippen molar-refractivity contribution in [3.63, 3.8) is 0 Å². The van der Waals surface area contributed by atoms with Crippen LogP contribution in [0.1, 0.15) is 5.56 Å². The van der Waals surface area contributed by atoms with Gasteiger partial charge in [-0.05, 0) is 18.6 Å². The normalized spacial score (nSPS) is 10.2. The number of aryl methyl sites for hydroxylation is 1. The summed E-state index contributed by atoms with van der Waals surface area (Å²) in [4.78, 5) is 8.37. The minimum Gasteiger partial charge on any atom is -0.383 e. The van der Waals surface area contributed by atoms with Crippen LogP contribution >= 0.6 is 0 Å². The summed E-state index contributed by atoms with van der Waals surface area (Å²) in [6.45, 7) is 3.42. The number of benzene rings is 1. The van der Waals surface area contributed by atoms with E-state index in [1.54, 1.807) is 7.11 Å². The van der Waals surface area contributed by atoms with Gasteiger partial charge in [0, 0.05) is 25.4 Å². The maximum absolute atomic E-state index is 4.98. The number of para-hydroxylation sites is 1. The van der Waals surface area contributed by atoms with Gasteiger partial charge in [-0.1, -0.05) is 18.2 Å². The zero-order chi connectivity index (χ0) is 13.5. The van der Waals surface area contributed by atoms with Crippen molar-refractivity contribution in [2.45, 2.75) is 6.92 Å². The molecule has 5 nitrogen and oxygen atoms in total. The van der Waals surface area contributed by atoms with Crippen LogP contribution in [0.5, 0.6) is 0 Å². The van der Waals surface area contributed by atoms with E-state index in [9.17, 15) is 0 Å². The quantitative estimate of drug-likeness (QED) is 0.780. The minimum atomic E-state index is 0.643. The van der Waals surface area contributed by atoms with Gasteiger partial charge in [-0.2, -0.15) is 0 Å². The molecule has 0 spiro atoms. The van der Waals surface area contributed by atoms with E-state index >= 15 is 0 Å². The molecular weight excluding hydrogens is 240 g/mol.